The van der Waals surface area contributed by atoms with Gasteiger partial charge in [0.1, 0.15) is 0 Å². The van der Waals surface area contributed by atoms with E-state index in [1.165, 1.54) is 11.1 Å². The molecule has 0 aromatic heterocycles. The summed E-state index contributed by atoms with van der Waals surface area (Å²) in [5, 5.41) is 3.41. The third-order valence-corrected chi connectivity index (χ3v) is 3.94. The molecule has 0 amide bonds. The molecule has 1 N–H and O–H groups in total. The largest absolute Gasteiger partial charge is 0.374 e. The number of hydrogen-bond donors (Lipinski definition) is 1. The van der Waals surface area contributed by atoms with Gasteiger partial charge in [0.05, 0.1) is 12.7 Å². The Morgan fingerprint density at radius 3 is 2.59 bits per heavy atom. The topological polar surface area (TPSA) is 24.5 Å². The molecular formula is C14H20N2O. The van der Waals surface area contributed by atoms with Crippen molar-refractivity contribution in [3.63, 3.8) is 0 Å². The van der Waals surface area contributed by atoms with Crippen molar-refractivity contribution in [3.05, 3.63) is 35.4 Å². The van der Waals surface area contributed by atoms with E-state index in [1.54, 1.807) is 0 Å². The summed E-state index contributed by atoms with van der Waals surface area (Å²) >= 11 is 0. The summed E-state index contributed by atoms with van der Waals surface area (Å²) in [5.74, 6) is 0. The summed E-state index contributed by atoms with van der Waals surface area (Å²) in [4.78, 5) is 2.52. The van der Waals surface area contributed by atoms with Crippen LogP contribution in [0.25, 0.3) is 0 Å². The predicted octanol–water partition coefficient (Wildman–Crippen LogP) is 1.38. The SMILES string of the molecule is CC(C1CNCCO1)N1Cc2ccccc2C1. The number of fused-ring (bicyclic) bond motifs is 1. The van der Waals surface area contributed by atoms with Gasteiger partial charge in [0.15, 0.2) is 0 Å². The van der Waals surface area contributed by atoms with E-state index in [2.05, 4.69) is 41.4 Å². The second-order valence-electron chi connectivity index (χ2n) is 5.03. The number of rotatable bonds is 2. The molecule has 2 heterocycles. The highest BCUT2D eigenvalue weighted by Crippen LogP contribution is 2.25. The standard InChI is InChI=1S/C14H20N2O/c1-11(14-8-15-6-7-17-14)16-9-12-4-2-3-5-13(12)10-16/h2-5,11,14-15H,6-10H2,1H3. The van der Waals surface area contributed by atoms with E-state index in [0.717, 1.165) is 32.8 Å². The smallest absolute Gasteiger partial charge is 0.0852 e. The molecule has 2 unspecified atom stereocenters. The van der Waals surface area contributed by atoms with E-state index in [-0.39, 0.29) is 0 Å². The summed E-state index contributed by atoms with van der Waals surface area (Å²) in [5.41, 5.74) is 2.95. The van der Waals surface area contributed by atoms with Crippen LogP contribution in [-0.4, -0.2) is 36.7 Å². The molecule has 1 fully saturated rings. The number of morpholine rings is 1. The summed E-state index contributed by atoms with van der Waals surface area (Å²) in [6.45, 7) is 7.23. The van der Waals surface area contributed by atoms with Gasteiger partial charge in [-0.3, -0.25) is 4.90 Å². The zero-order valence-electron chi connectivity index (χ0n) is 10.4. The molecule has 3 nitrogen and oxygen atoms in total. The van der Waals surface area contributed by atoms with Crippen molar-refractivity contribution >= 4 is 0 Å². The lowest BCUT2D eigenvalue weighted by Crippen LogP contribution is -2.49. The number of nitrogens with one attached hydrogen (secondary N) is 1. The average Bonchev–Trinajstić information content (AvgIpc) is 2.82. The molecule has 3 rings (SSSR count). The van der Waals surface area contributed by atoms with E-state index in [4.69, 9.17) is 4.74 Å². The molecule has 1 aromatic rings. The minimum Gasteiger partial charge on any atom is -0.374 e. The molecule has 17 heavy (non-hydrogen) atoms. The van der Waals surface area contributed by atoms with Crippen LogP contribution < -0.4 is 5.32 Å². The van der Waals surface area contributed by atoms with Crippen molar-refractivity contribution in [1.82, 2.24) is 10.2 Å². The lowest BCUT2D eigenvalue weighted by molar-refractivity contribution is -0.0275. The molecule has 2 atom stereocenters. The molecule has 1 saturated heterocycles. The van der Waals surface area contributed by atoms with E-state index < -0.39 is 0 Å². The van der Waals surface area contributed by atoms with Crippen LogP contribution in [0.15, 0.2) is 24.3 Å². The van der Waals surface area contributed by atoms with Crippen LogP contribution in [0.2, 0.25) is 0 Å². The monoisotopic (exact) mass is 232 g/mol. The van der Waals surface area contributed by atoms with Crippen molar-refractivity contribution in [2.45, 2.75) is 32.2 Å². The highest BCUT2D eigenvalue weighted by molar-refractivity contribution is 5.30. The second kappa shape index (κ2) is 4.77. The third-order valence-electron chi connectivity index (χ3n) is 3.94. The first-order valence-corrected chi connectivity index (χ1v) is 6.48. The van der Waals surface area contributed by atoms with Gasteiger partial charge in [-0.1, -0.05) is 24.3 Å². The quantitative estimate of drug-likeness (QED) is 0.833. The third kappa shape index (κ3) is 2.23. The fourth-order valence-corrected chi connectivity index (χ4v) is 2.78. The van der Waals surface area contributed by atoms with E-state index in [9.17, 15) is 0 Å². The van der Waals surface area contributed by atoms with Crippen LogP contribution in [0.3, 0.4) is 0 Å². The first-order chi connectivity index (χ1) is 8.34. The Kier molecular flexibility index (Phi) is 3.14. The molecule has 2 aliphatic heterocycles. The molecule has 3 heteroatoms. The van der Waals surface area contributed by atoms with Crippen LogP contribution in [-0.2, 0) is 17.8 Å². The maximum atomic E-state index is 5.85. The van der Waals surface area contributed by atoms with Gasteiger partial charge in [-0.15, -0.1) is 0 Å². The lowest BCUT2D eigenvalue weighted by Gasteiger charge is -2.34. The second-order valence-corrected chi connectivity index (χ2v) is 5.03. The Bertz CT molecular complexity index is 363. The molecular weight excluding hydrogens is 212 g/mol. The fourth-order valence-electron chi connectivity index (χ4n) is 2.78. The molecule has 0 saturated carbocycles. The van der Waals surface area contributed by atoms with Crippen LogP contribution >= 0.6 is 0 Å². The van der Waals surface area contributed by atoms with Gasteiger partial charge in [0, 0.05) is 32.2 Å². The van der Waals surface area contributed by atoms with E-state index in [0.29, 0.717) is 12.1 Å². The minimum atomic E-state index is 0.332. The molecule has 1 aromatic carbocycles. The summed E-state index contributed by atoms with van der Waals surface area (Å²) < 4.78 is 5.85. The number of benzene rings is 1. The predicted molar refractivity (Wildman–Crippen MR) is 67.8 cm³/mol. The Morgan fingerprint density at radius 2 is 2.00 bits per heavy atom. The summed E-state index contributed by atoms with van der Waals surface area (Å²) in [6.07, 6.45) is 0.332. The molecule has 2 aliphatic rings. The molecule has 0 bridgehead atoms. The van der Waals surface area contributed by atoms with E-state index in [1.807, 2.05) is 0 Å². The fraction of sp³-hybridized carbons (Fsp3) is 0.571. The van der Waals surface area contributed by atoms with Gasteiger partial charge in [0.2, 0.25) is 0 Å². The van der Waals surface area contributed by atoms with Crippen molar-refractivity contribution in [2.24, 2.45) is 0 Å². The molecule has 0 spiro atoms. The number of nitrogens with zero attached hydrogens (tertiary/aromatic N) is 1. The van der Waals surface area contributed by atoms with Crippen molar-refractivity contribution in [2.75, 3.05) is 19.7 Å². The van der Waals surface area contributed by atoms with Crippen molar-refractivity contribution < 1.29 is 4.74 Å². The van der Waals surface area contributed by atoms with Crippen molar-refractivity contribution in [3.8, 4) is 0 Å². The first-order valence-electron chi connectivity index (χ1n) is 6.48. The zero-order valence-corrected chi connectivity index (χ0v) is 10.4. The van der Waals surface area contributed by atoms with Crippen LogP contribution in [0.1, 0.15) is 18.1 Å². The van der Waals surface area contributed by atoms with E-state index >= 15 is 0 Å². The number of hydrogen-bond acceptors (Lipinski definition) is 3. The van der Waals surface area contributed by atoms with Gasteiger partial charge in [0.25, 0.3) is 0 Å². The summed E-state index contributed by atoms with van der Waals surface area (Å²) in [6, 6.07) is 9.22. The minimum absolute atomic E-state index is 0.332. The number of ether oxygens (including phenoxy) is 1. The highest BCUT2D eigenvalue weighted by atomic mass is 16.5. The normalized spacial score (nSPS) is 26.8. The molecule has 0 aliphatic carbocycles. The van der Waals surface area contributed by atoms with Crippen LogP contribution in [0.4, 0.5) is 0 Å². The van der Waals surface area contributed by atoms with Crippen LogP contribution in [0, 0.1) is 0 Å². The van der Waals surface area contributed by atoms with Crippen LogP contribution in [0.5, 0.6) is 0 Å². The van der Waals surface area contributed by atoms with Gasteiger partial charge in [-0.25, -0.2) is 0 Å². The highest BCUT2D eigenvalue weighted by Gasteiger charge is 2.29. The lowest BCUT2D eigenvalue weighted by atomic mass is 10.1. The van der Waals surface area contributed by atoms with Gasteiger partial charge in [-0.05, 0) is 18.1 Å². The molecule has 92 valence electrons. The Morgan fingerprint density at radius 1 is 1.29 bits per heavy atom. The maximum Gasteiger partial charge on any atom is 0.0852 e. The summed E-state index contributed by atoms with van der Waals surface area (Å²) in [7, 11) is 0. The van der Waals surface area contributed by atoms with Crippen molar-refractivity contribution in [1.29, 1.82) is 0 Å². The Balaban J connectivity index is 1.67. The van der Waals surface area contributed by atoms with Gasteiger partial charge < -0.3 is 10.1 Å². The first kappa shape index (κ1) is 11.2. The Labute approximate surface area is 103 Å². The van der Waals surface area contributed by atoms with Gasteiger partial charge >= 0.3 is 0 Å². The Hall–Kier alpha value is -0.900. The van der Waals surface area contributed by atoms with Gasteiger partial charge in [-0.2, -0.15) is 0 Å². The zero-order chi connectivity index (χ0) is 11.7. The molecule has 0 radical (unpaired) electrons. The maximum absolute atomic E-state index is 5.85. The average molecular weight is 232 g/mol.